The van der Waals surface area contributed by atoms with E-state index in [2.05, 4.69) is 10.9 Å². The minimum Gasteiger partial charge on any atom is -0.303 e. The Morgan fingerprint density at radius 1 is 1.56 bits per heavy atom. The van der Waals surface area contributed by atoms with Crippen LogP contribution in [-0.4, -0.2) is 10.5 Å². The third-order valence-corrected chi connectivity index (χ3v) is 4.07. The van der Waals surface area contributed by atoms with Gasteiger partial charge in [-0.25, -0.2) is 0 Å². The van der Waals surface area contributed by atoms with Gasteiger partial charge >= 0.3 is 0 Å². The van der Waals surface area contributed by atoms with E-state index in [1.54, 1.807) is 10.6 Å². The van der Waals surface area contributed by atoms with Crippen molar-refractivity contribution in [2.75, 3.05) is 0 Å². The van der Waals surface area contributed by atoms with Crippen LogP contribution in [0.4, 0.5) is 0 Å². The van der Waals surface area contributed by atoms with Gasteiger partial charge in [-0.3, -0.25) is 4.79 Å². The van der Waals surface area contributed by atoms with Gasteiger partial charge in [0.1, 0.15) is 0 Å². The van der Waals surface area contributed by atoms with Crippen molar-refractivity contribution in [3.05, 3.63) is 27.0 Å². The van der Waals surface area contributed by atoms with E-state index in [1.807, 2.05) is 6.07 Å². The van der Waals surface area contributed by atoms with Crippen molar-refractivity contribution < 1.29 is 4.79 Å². The molecule has 0 radical (unpaired) electrons. The van der Waals surface area contributed by atoms with Crippen molar-refractivity contribution in [2.24, 2.45) is 4.99 Å². The van der Waals surface area contributed by atoms with Crippen LogP contribution < -0.4 is 4.80 Å². The highest BCUT2D eigenvalue weighted by Gasteiger charge is 2.12. The number of aromatic nitrogens is 1. The molecule has 6 heteroatoms. The molecule has 0 N–H and O–H groups in total. The zero-order chi connectivity index (χ0) is 13.3. The standard InChI is InChI=1S/C12H8Cl2N2OS/c1-3-6-16-11-9(5-4-8(13)10(11)14)18-12(16)15-7(2)17/h1,4-5H,6H2,2H3. The Balaban J connectivity index is 2.91. The highest BCUT2D eigenvalue weighted by atomic mass is 35.5. The van der Waals surface area contributed by atoms with Crippen LogP contribution >= 0.6 is 34.5 Å². The van der Waals surface area contributed by atoms with Gasteiger partial charge in [-0.05, 0) is 12.1 Å². The number of hydrogen-bond donors (Lipinski definition) is 0. The van der Waals surface area contributed by atoms with Crippen LogP contribution in [-0.2, 0) is 11.3 Å². The number of halogens is 2. The van der Waals surface area contributed by atoms with Crippen LogP contribution in [0.2, 0.25) is 10.0 Å². The number of carbonyl (C=O) groups is 1. The number of carbonyl (C=O) groups excluding carboxylic acids is 1. The van der Waals surface area contributed by atoms with Crippen LogP contribution in [0.3, 0.4) is 0 Å². The van der Waals surface area contributed by atoms with E-state index >= 15 is 0 Å². The van der Waals surface area contributed by atoms with Crippen molar-refractivity contribution in [1.29, 1.82) is 0 Å². The number of terminal acetylenes is 1. The van der Waals surface area contributed by atoms with E-state index in [9.17, 15) is 4.79 Å². The average molecular weight is 299 g/mol. The monoisotopic (exact) mass is 298 g/mol. The smallest absolute Gasteiger partial charge is 0.245 e. The SMILES string of the molecule is C#CCn1c(=NC(C)=O)sc2ccc(Cl)c(Cl)c21. The number of amides is 1. The Morgan fingerprint density at radius 3 is 2.89 bits per heavy atom. The minimum absolute atomic E-state index is 0.283. The fourth-order valence-corrected chi connectivity index (χ4v) is 3.12. The fraction of sp³-hybridized carbons (Fsp3) is 0.167. The number of nitrogens with zero attached hydrogens (tertiary/aromatic N) is 2. The largest absolute Gasteiger partial charge is 0.303 e. The lowest BCUT2D eigenvalue weighted by atomic mass is 10.3. The average Bonchev–Trinajstić information content (AvgIpc) is 2.63. The summed E-state index contributed by atoms with van der Waals surface area (Å²) in [6, 6.07) is 3.54. The van der Waals surface area contributed by atoms with Gasteiger partial charge in [0.05, 0.1) is 26.8 Å². The molecule has 2 aromatic rings. The molecule has 1 heterocycles. The quantitative estimate of drug-likeness (QED) is 0.745. The van der Waals surface area contributed by atoms with Crippen LogP contribution in [0.25, 0.3) is 10.2 Å². The Morgan fingerprint density at radius 2 is 2.28 bits per heavy atom. The number of benzene rings is 1. The summed E-state index contributed by atoms with van der Waals surface area (Å²) >= 11 is 13.5. The van der Waals surface area contributed by atoms with Crippen LogP contribution in [0.15, 0.2) is 17.1 Å². The Labute approximate surface area is 118 Å². The third-order valence-electron chi connectivity index (χ3n) is 2.24. The summed E-state index contributed by atoms with van der Waals surface area (Å²) in [5.41, 5.74) is 0.715. The first-order valence-electron chi connectivity index (χ1n) is 5.00. The van der Waals surface area contributed by atoms with E-state index in [0.29, 0.717) is 20.4 Å². The molecule has 0 saturated carbocycles. The maximum absolute atomic E-state index is 11.1. The van der Waals surface area contributed by atoms with Crippen molar-refractivity contribution in [2.45, 2.75) is 13.5 Å². The zero-order valence-electron chi connectivity index (χ0n) is 9.41. The molecule has 2 rings (SSSR count). The molecule has 0 bridgehead atoms. The topological polar surface area (TPSA) is 34.4 Å². The van der Waals surface area contributed by atoms with Crippen molar-refractivity contribution >= 4 is 50.7 Å². The lowest BCUT2D eigenvalue weighted by molar-refractivity contribution is -0.116. The van der Waals surface area contributed by atoms with Gasteiger partial charge in [0.25, 0.3) is 0 Å². The number of thiazole rings is 1. The number of rotatable bonds is 1. The third kappa shape index (κ3) is 2.30. The van der Waals surface area contributed by atoms with E-state index in [-0.39, 0.29) is 12.5 Å². The summed E-state index contributed by atoms with van der Waals surface area (Å²) in [6.45, 7) is 1.67. The van der Waals surface area contributed by atoms with Gasteiger partial charge in [-0.1, -0.05) is 40.5 Å². The lowest BCUT2D eigenvalue weighted by Gasteiger charge is -2.02. The summed E-state index contributed by atoms with van der Waals surface area (Å²) in [5, 5.41) is 0.868. The molecule has 0 atom stereocenters. The second-order valence-electron chi connectivity index (χ2n) is 3.51. The summed E-state index contributed by atoms with van der Waals surface area (Å²) in [6.07, 6.45) is 5.33. The molecule has 1 amide bonds. The molecule has 0 unspecified atom stereocenters. The van der Waals surface area contributed by atoms with Gasteiger partial charge in [0.15, 0.2) is 4.80 Å². The second kappa shape index (κ2) is 5.15. The summed E-state index contributed by atoms with van der Waals surface area (Å²) < 4.78 is 2.61. The van der Waals surface area contributed by atoms with Gasteiger partial charge in [0, 0.05) is 6.92 Å². The summed E-state index contributed by atoms with van der Waals surface area (Å²) in [4.78, 5) is 15.6. The molecule has 18 heavy (non-hydrogen) atoms. The lowest BCUT2D eigenvalue weighted by Crippen LogP contribution is -2.15. The van der Waals surface area contributed by atoms with Gasteiger partial charge < -0.3 is 4.57 Å². The predicted octanol–water partition coefficient (Wildman–Crippen LogP) is 3.09. The Kier molecular flexibility index (Phi) is 3.76. The van der Waals surface area contributed by atoms with Gasteiger partial charge in [-0.2, -0.15) is 4.99 Å². The molecule has 1 aromatic carbocycles. The Bertz CT molecular complexity index is 737. The van der Waals surface area contributed by atoms with Crippen molar-refractivity contribution in [3.8, 4) is 12.3 Å². The zero-order valence-corrected chi connectivity index (χ0v) is 11.7. The molecule has 0 fully saturated rings. The van der Waals surface area contributed by atoms with Gasteiger partial charge in [0.2, 0.25) is 5.91 Å². The molecule has 0 saturated heterocycles. The minimum atomic E-state index is -0.283. The molecule has 0 aliphatic heterocycles. The molecule has 1 aromatic heterocycles. The van der Waals surface area contributed by atoms with E-state index < -0.39 is 0 Å². The first-order valence-corrected chi connectivity index (χ1v) is 6.58. The normalized spacial score (nSPS) is 11.8. The maximum Gasteiger partial charge on any atom is 0.245 e. The molecule has 0 spiro atoms. The molecular weight excluding hydrogens is 291 g/mol. The molecular formula is C12H8Cl2N2OS. The van der Waals surface area contributed by atoms with Crippen LogP contribution in [0.5, 0.6) is 0 Å². The van der Waals surface area contributed by atoms with Crippen molar-refractivity contribution in [1.82, 2.24) is 4.57 Å². The molecule has 3 nitrogen and oxygen atoms in total. The summed E-state index contributed by atoms with van der Waals surface area (Å²) in [5.74, 6) is 2.24. The number of hydrogen-bond acceptors (Lipinski definition) is 2. The first-order chi connectivity index (χ1) is 8.54. The molecule has 0 aliphatic rings. The van der Waals surface area contributed by atoms with Crippen molar-refractivity contribution in [3.63, 3.8) is 0 Å². The summed E-state index contributed by atoms with van der Waals surface area (Å²) in [7, 11) is 0. The highest BCUT2D eigenvalue weighted by molar-refractivity contribution is 7.16. The first kappa shape index (κ1) is 13.2. The van der Waals surface area contributed by atoms with E-state index in [1.165, 1.54) is 18.3 Å². The van der Waals surface area contributed by atoms with E-state index in [0.717, 1.165) is 4.70 Å². The fourth-order valence-electron chi connectivity index (χ4n) is 1.56. The predicted molar refractivity (Wildman–Crippen MR) is 74.9 cm³/mol. The number of fused-ring (bicyclic) bond motifs is 1. The second-order valence-corrected chi connectivity index (χ2v) is 5.31. The van der Waals surface area contributed by atoms with Crippen LogP contribution in [0.1, 0.15) is 6.92 Å². The van der Waals surface area contributed by atoms with Gasteiger partial charge in [-0.15, -0.1) is 6.42 Å². The highest BCUT2D eigenvalue weighted by Crippen LogP contribution is 2.31. The molecule has 0 aliphatic carbocycles. The van der Waals surface area contributed by atoms with Crippen LogP contribution in [0, 0.1) is 12.3 Å². The Hall–Kier alpha value is -1.28. The maximum atomic E-state index is 11.1. The molecule has 92 valence electrons. The van der Waals surface area contributed by atoms with E-state index in [4.69, 9.17) is 29.6 Å².